The topological polar surface area (TPSA) is 41.5 Å². The van der Waals surface area contributed by atoms with Crippen molar-refractivity contribution in [1.29, 1.82) is 0 Å². The number of hydrogen-bond donors (Lipinski definition) is 1. The van der Waals surface area contributed by atoms with Crippen LogP contribution in [-0.4, -0.2) is 23.6 Å². The Morgan fingerprint density at radius 1 is 1.37 bits per heavy atom. The second kappa shape index (κ2) is 3.56. The van der Waals surface area contributed by atoms with Crippen LogP contribution in [0.1, 0.15) is 25.3 Å². The number of nitrogens with one attached hydrogen (secondary N) is 1. The van der Waals surface area contributed by atoms with Crippen molar-refractivity contribution in [2.24, 2.45) is 10.4 Å². The van der Waals surface area contributed by atoms with E-state index in [0.29, 0.717) is 12.5 Å². The number of ketones is 1. The number of carbonyl (C=O) groups excluding carboxylic acids is 1. The van der Waals surface area contributed by atoms with Crippen LogP contribution in [-0.2, 0) is 4.79 Å². The van der Waals surface area contributed by atoms with Crippen molar-refractivity contribution in [3.05, 3.63) is 42.0 Å². The first-order valence-electron chi connectivity index (χ1n) is 6.85. The average molecular weight is 252 g/mol. The largest absolute Gasteiger partial charge is 0.380 e. The van der Waals surface area contributed by atoms with E-state index in [2.05, 4.69) is 36.5 Å². The van der Waals surface area contributed by atoms with Crippen LogP contribution in [0.5, 0.6) is 0 Å². The third-order valence-electron chi connectivity index (χ3n) is 4.53. The zero-order chi connectivity index (χ0) is 13.0. The number of rotatable bonds is 0. The highest BCUT2D eigenvalue weighted by atomic mass is 16.1. The van der Waals surface area contributed by atoms with Gasteiger partial charge in [-0.15, -0.1) is 0 Å². The summed E-state index contributed by atoms with van der Waals surface area (Å²) in [7, 11) is 0. The molecule has 2 heterocycles. The third kappa shape index (κ3) is 1.38. The molecule has 1 aromatic rings. The van der Waals surface area contributed by atoms with Crippen molar-refractivity contribution < 1.29 is 4.79 Å². The van der Waals surface area contributed by atoms with E-state index in [0.717, 1.165) is 12.1 Å². The van der Waals surface area contributed by atoms with E-state index < -0.39 is 0 Å². The summed E-state index contributed by atoms with van der Waals surface area (Å²) in [5.41, 5.74) is 3.39. The van der Waals surface area contributed by atoms with Crippen molar-refractivity contribution >= 4 is 17.2 Å². The Labute approximate surface area is 112 Å². The maximum atomic E-state index is 11.7. The molecule has 3 atom stereocenters. The molecule has 2 aliphatic heterocycles. The maximum absolute atomic E-state index is 11.7. The minimum absolute atomic E-state index is 0.0817. The van der Waals surface area contributed by atoms with E-state index in [4.69, 9.17) is 4.99 Å². The lowest BCUT2D eigenvalue weighted by Gasteiger charge is -2.43. The molecule has 0 amide bonds. The molecule has 3 aliphatic rings. The first kappa shape index (κ1) is 11.0. The molecular weight excluding hydrogens is 236 g/mol. The van der Waals surface area contributed by atoms with Gasteiger partial charge in [0.15, 0.2) is 5.78 Å². The fourth-order valence-corrected chi connectivity index (χ4v) is 3.74. The minimum atomic E-state index is -0.0817. The number of anilines is 1. The van der Waals surface area contributed by atoms with Gasteiger partial charge in [0.05, 0.1) is 11.1 Å². The predicted molar refractivity (Wildman–Crippen MR) is 75.7 cm³/mol. The van der Waals surface area contributed by atoms with Gasteiger partial charge in [0.2, 0.25) is 0 Å². The first-order valence-corrected chi connectivity index (χ1v) is 6.85. The summed E-state index contributed by atoms with van der Waals surface area (Å²) in [6.07, 6.45) is 5.41. The Morgan fingerprint density at radius 3 is 3.11 bits per heavy atom. The molecule has 96 valence electrons. The van der Waals surface area contributed by atoms with Crippen LogP contribution in [0.15, 0.2) is 41.4 Å². The molecule has 0 aromatic heterocycles. The predicted octanol–water partition coefficient (Wildman–Crippen LogP) is 2.58. The first-order chi connectivity index (χ1) is 9.19. The molecule has 1 spiro atoms. The molecule has 1 aromatic carbocycles. The van der Waals surface area contributed by atoms with Crippen molar-refractivity contribution in [3.63, 3.8) is 0 Å². The lowest BCUT2D eigenvalue weighted by Crippen LogP contribution is -2.50. The molecule has 19 heavy (non-hydrogen) atoms. The van der Waals surface area contributed by atoms with Gasteiger partial charge >= 0.3 is 0 Å². The molecule has 0 saturated heterocycles. The second-order valence-corrected chi connectivity index (χ2v) is 5.82. The summed E-state index contributed by atoms with van der Waals surface area (Å²) in [6.45, 7) is 2.16. The van der Waals surface area contributed by atoms with Gasteiger partial charge in [-0.2, -0.15) is 0 Å². The molecule has 0 radical (unpaired) electrons. The van der Waals surface area contributed by atoms with Crippen molar-refractivity contribution in [3.8, 4) is 0 Å². The molecular formula is C16H16N2O. The zero-order valence-electron chi connectivity index (χ0n) is 10.9. The Hall–Kier alpha value is -1.90. The van der Waals surface area contributed by atoms with Crippen LogP contribution < -0.4 is 5.32 Å². The van der Waals surface area contributed by atoms with Crippen LogP contribution in [0.3, 0.4) is 0 Å². The standard InChI is InChI=1S/C16H16N2O/c1-10-9-16-7-6-11(19)8-14(16)18-13-5-3-2-4-12(13)15(16)17-10/h2-7,10,14,18H,8-9H2,1H3/t10?,14-,16-/m1/s1. The molecule has 1 N–H and O–H groups in total. The Morgan fingerprint density at radius 2 is 2.21 bits per heavy atom. The fourth-order valence-electron chi connectivity index (χ4n) is 3.74. The van der Waals surface area contributed by atoms with E-state index in [1.54, 1.807) is 6.08 Å². The molecule has 0 fully saturated rings. The number of nitrogens with zero attached hydrogens (tertiary/aromatic N) is 1. The highest BCUT2D eigenvalue weighted by Gasteiger charge is 2.51. The lowest BCUT2D eigenvalue weighted by molar-refractivity contribution is -0.115. The molecule has 3 nitrogen and oxygen atoms in total. The fraction of sp³-hybridized carbons (Fsp3) is 0.375. The van der Waals surface area contributed by atoms with E-state index >= 15 is 0 Å². The van der Waals surface area contributed by atoms with Gasteiger partial charge in [0.1, 0.15) is 0 Å². The van der Waals surface area contributed by atoms with Crippen LogP contribution in [0.4, 0.5) is 5.69 Å². The normalized spacial score (nSPS) is 35.0. The van der Waals surface area contributed by atoms with E-state index in [1.165, 1.54) is 11.3 Å². The minimum Gasteiger partial charge on any atom is -0.380 e. The number of fused-ring (bicyclic) bond motifs is 2. The number of benzene rings is 1. The van der Waals surface area contributed by atoms with Crippen molar-refractivity contribution in [2.45, 2.75) is 31.8 Å². The molecule has 1 unspecified atom stereocenters. The van der Waals surface area contributed by atoms with Gasteiger partial charge in [0.25, 0.3) is 0 Å². The van der Waals surface area contributed by atoms with Crippen LogP contribution in [0.2, 0.25) is 0 Å². The molecule has 0 saturated carbocycles. The van der Waals surface area contributed by atoms with E-state index in [1.807, 2.05) is 6.07 Å². The van der Waals surface area contributed by atoms with Crippen LogP contribution >= 0.6 is 0 Å². The van der Waals surface area contributed by atoms with Gasteiger partial charge in [-0.25, -0.2) is 0 Å². The summed E-state index contributed by atoms with van der Waals surface area (Å²) >= 11 is 0. The highest BCUT2D eigenvalue weighted by Crippen LogP contribution is 2.48. The summed E-state index contributed by atoms with van der Waals surface area (Å²) < 4.78 is 0. The smallest absolute Gasteiger partial charge is 0.157 e. The van der Waals surface area contributed by atoms with Crippen LogP contribution in [0.25, 0.3) is 0 Å². The Balaban J connectivity index is 1.95. The van der Waals surface area contributed by atoms with Crippen molar-refractivity contribution in [2.75, 3.05) is 5.32 Å². The van der Waals surface area contributed by atoms with E-state index in [-0.39, 0.29) is 17.2 Å². The quantitative estimate of drug-likeness (QED) is 0.771. The summed E-state index contributed by atoms with van der Waals surface area (Å²) in [6, 6.07) is 8.76. The SMILES string of the molecule is CC1C[C@]23C=CC(=O)C[C@H]2Nc2ccccc2C3=N1. The molecule has 3 heteroatoms. The zero-order valence-corrected chi connectivity index (χ0v) is 10.9. The summed E-state index contributed by atoms with van der Waals surface area (Å²) in [5, 5.41) is 3.56. The van der Waals surface area contributed by atoms with E-state index in [9.17, 15) is 4.79 Å². The summed E-state index contributed by atoms with van der Waals surface area (Å²) in [4.78, 5) is 16.6. The summed E-state index contributed by atoms with van der Waals surface area (Å²) in [5.74, 6) is 0.210. The number of para-hydroxylation sites is 1. The highest BCUT2D eigenvalue weighted by molar-refractivity contribution is 6.14. The Kier molecular flexibility index (Phi) is 2.06. The number of allylic oxidation sites excluding steroid dienone is 1. The van der Waals surface area contributed by atoms with Crippen molar-refractivity contribution in [1.82, 2.24) is 0 Å². The third-order valence-corrected chi connectivity index (χ3v) is 4.53. The number of hydrogen-bond acceptors (Lipinski definition) is 3. The maximum Gasteiger partial charge on any atom is 0.157 e. The molecule has 4 rings (SSSR count). The second-order valence-electron chi connectivity index (χ2n) is 5.82. The van der Waals surface area contributed by atoms with Gasteiger partial charge in [-0.3, -0.25) is 9.79 Å². The Bertz CT molecular complexity index is 631. The lowest BCUT2D eigenvalue weighted by atomic mass is 9.65. The average Bonchev–Trinajstić information content (AvgIpc) is 2.74. The van der Waals surface area contributed by atoms with Gasteiger partial charge in [-0.1, -0.05) is 24.3 Å². The van der Waals surface area contributed by atoms with Gasteiger partial charge in [0, 0.05) is 29.8 Å². The number of carbonyl (C=O) groups is 1. The van der Waals surface area contributed by atoms with Gasteiger partial charge < -0.3 is 5.32 Å². The van der Waals surface area contributed by atoms with Gasteiger partial charge in [-0.05, 0) is 25.5 Å². The number of aliphatic imine (C=N–C) groups is 1. The monoisotopic (exact) mass is 252 g/mol. The molecule has 1 aliphatic carbocycles. The molecule has 0 bridgehead atoms. The van der Waals surface area contributed by atoms with Crippen LogP contribution in [0, 0.1) is 5.41 Å².